The number of hydrogen-bond donors (Lipinski definition) is 0. The van der Waals surface area contributed by atoms with E-state index in [-0.39, 0.29) is 0 Å². The molecule has 0 N–H and O–H groups in total. The SMILES string of the molecule is Cc1c(OCC2CC2)ccc2c(CCC3CCN(Cc4sccc4C#N)CC3)noc12. The summed E-state index contributed by atoms with van der Waals surface area (Å²) in [4.78, 5) is 3.69. The van der Waals surface area contributed by atoms with Gasteiger partial charge in [-0.25, -0.2) is 0 Å². The summed E-state index contributed by atoms with van der Waals surface area (Å²) in [5.41, 5.74) is 3.85. The maximum Gasteiger partial charge on any atom is 0.173 e. The van der Waals surface area contributed by atoms with E-state index in [9.17, 15) is 5.26 Å². The second-order valence-corrected chi connectivity index (χ2v) is 10.1. The number of aryl methyl sites for hydroxylation is 2. The number of aromatic nitrogens is 1. The number of nitriles is 1. The molecule has 2 fully saturated rings. The molecule has 31 heavy (non-hydrogen) atoms. The van der Waals surface area contributed by atoms with Gasteiger partial charge in [-0.15, -0.1) is 11.3 Å². The summed E-state index contributed by atoms with van der Waals surface area (Å²) < 4.78 is 11.7. The zero-order valence-electron chi connectivity index (χ0n) is 18.1. The summed E-state index contributed by atoms with van der Waals surface area (Å²) in [6, 6.07) is 8.44. The molecule has 0 radical (unpaired) electrons. The van der Waals surface area contributed by atoms with Gasteiger partial charge >= 0.3 is 0 Å². The van der Waals surface area contributed by atoms with E-state index in [0.29, 0.717) is 0 Å². The third kappa shape index (κ3) is 4.63. The maximum absolute atomic E-state index is 9.22. The summed E-state index contributed by atoms with van der Waals surface area (Å²) in [5, 5.41) is 16.8. The Balaban J connectivity index is 1.14. The Morgan fingerprint density at radius 3 is 2.81 bits per heavy atom. The number of fused-ring (bicyclic) bond motifs is 1. The van der Waals surface area contributed by atoms with Crippen LogP contribution < -0.4 is 4.74 Å². The van der Waals surface area contributed by atoms with Gasteiger partial charge in [0.25, 0.3) is 0 Å². The van der Waals surface area contributed by atoms with Crippen LogP contribution in [-0.2, 0) is 13.0 Å². The highest BCUT2D eigenvalue weighted by Gasteiger charge is 2.24. The topological polar surface area (TPSA) is 62.3 Å². The quantitative estimate of drug-likeness (QED) is 0.454. The number of thiophene rings is 1. The minimum absolute atomic E-state index is 0.726. The fourth-order valence-corrected chi connectivity index (χ4v) is 5.40. The molecule has 6 heteroatoms. The molecular formula is C25H29N3O2S. The molecule has 5 rings (SSSR count). The summed E-state index contributed by atoms with van der Waals surface area (Å²) in [6.07, 6.45) is 7.12. The maximum atomic E-state index is 9.22. The molecule has 0 atom stereocenters. The summed E-state index contributed by atoms with van der Waals surface area (Å²) in [5.74, 6) is 2.40. The Bertz CT molecular complexity index is 1080. The van der Waals surface area contributed by atoms with Crippen LogP contribution in [0.2, 0.25) is 0 Å². The Kier molecular flexibility index (Phi) is 5.97. The molecule has 2 aromatic heterocycles. The van der Waals surface area contributed by atoms with Crippen LogP contribution in [0.5, 0.6) is 5.75 Å². The normalized spacial score (nSPS) is 17.8. The standard InChI is InChI=1S/C25H29N3O2S/c1-17-23(29-16-19-2-3-19)7-5-21-22(27-30-25(17)21)6-4-18-8-11-28(12-9-18)15-24-20(14-26)10-13-31-24/h5,7,10,13,18-19H,2-4,6,8-9,11-12,15-16H2,1H3. The molecule has 1 aliphatic carbocycles. The zero-order valence-corrected chi connectivity index (χ0v) is 18.9. The van der Waals surface area contributed by atoms with Crippen molar-refractivity contribution in [2.24, 2.45) is 11.8 Å². The first-order valence-electron chi connectivity index (χ1n) is 11.4. The Morgan fingerprint density at radius 1 is 1.19 bits per heavy atom. The number of nitrogens with zero attached hydrogens (tertiary/aromatic N) is 3. The van der Waals surface area contributed by atoms with E-state index >= 15 is 0 Å². The first kappa shape index (κ1) is 20.5. The number of piperidine rings is 1. The van der Waals surface area contributed by atoms with Crippen LogP contribution in [0.1, 0.15) is 53.8 Å². The van der Waals surface area contributed by atoms with E-state index in [1.807, 2.05) is 11.4 Å². The Morgan fingerprint density at radius 2 is 2.03 bits per heavy atom. The van der Waals surface area contributed by atoms with Crippen molar-refractivity contribution in [2.45, 2.75) is 52.0 Å². The molecule has 0 amide bonds. The Labute approximate surface area is 187 Å². The molecule has 3 aromatic rings. The summed E-state index contributed by atoms with van der Waals surface area (Å²) in [7, 11) is 0. The zero-order chi connectivity index (χ0) is 21.2. The highest BCUT2D eigenvalue weighted by Crippen LogP contribution is 2.34. The minimum Gasteiger partial charge on any atom is -0.493 e. The lowest BCUT2D eigenvalue weighted by Crippen LogP contribution is -2.33. The molecule has 5 nitrogen and oxygen atoms in total. The van der Waals surface area contributed by atoms with Crippen LogP contribution in [-0.4, -0.2) is 29.8 Å². The number of ether oxygens (including phenoxy) is 1. The molecule has 1 aliphatic heterocycles. The largest absolute Gasteiger partial charge is 0.493 e. The first-order chi connectivity index (χ1) is 15.2. The van der Waals surface area contributed by atoms with Gasteiger partial charge in [-0.1, -0.05) is 5.16 Å². The minimum atomic E-state index is 0.726. The van der Waals surface area contributed by atoms with Crippen molar-refractivity contribution in [3.05, 3.63) is 45.3 Å². The fraction of sp³-hybridized carbons (Fsp3) is 0.520. The van der Waals surface area contributed by atoms with Crippen molar-refractivity contribution < 1.29 is 9.26 Å². The van der Waals surface area contributed by atoms with Crippen molar-refractivity contribution >= 4 is 22.3 Å². The summed E-state index contributed by atoms with van der Waals surface area (Å²) >= 11 is 1.70. The molecule has 0 bridgehead atoms. The average molecular weight is 436 g/mol. The molecule has 1 aromatic carbocycles. The molecule has 162 valence electrons. The molecule has 1 saturated carbocycles. The van der Waals surface area contributed by atoms with Crippen molar-refractivity contribution in [1.82, 2.24) is 10.1 Å². The second-order valence-electron chi connectivity index (χ2n) is 9.08. The van der Waals surface area contributed by atoms with Crippen molar-refractivity contribution in [3.8, 4) is 11.8 Å². The van der Waals surface area contributed by atoms with Crippen molar-refractivity contribution in [3.63, 3.8) is 0 Å². The van der Waals surface area contributed by atoms with Gasteiger partial charge in [0, 0.05) is 22.4 Å². The van der Waals surface area contributed by atoms with E-state index in [4.69, 9.17) is 9.26 Å². The van der Waals surface area contributed by atoms with Gasteiger partial charge in [0.2, 0.25) is 0 Å². The second kappa shape index (κ2) is 9.02. The smallest absolute Gasteiger partial charge is 0.173 e. The molecule has 1 saturated heterocycles. The van der Waals surface area contributed by atoms with Gasteiger partial charge in [-0.2, -0.15) is 5.26 Å². The van der Waals surface area contributed by atoms with Gasteiger partial charge in [0.05, 0.1) is 17.9 Å². The lowest BCUT2D eigenvalue weighted by Gasteiger charge is -2.31. The van der Waals surface area contributed by atoms with Crippen LogP contribution >= 0.6 is 11.3 Å². The predicted molar refractivity (Wildman–Crippen MR) is 122 cm³/mol. The van der Waals surface area contributed by atoms with Crippen LogP contribution in [0.4, 0.5) is 0 Å². The predicted octanol–water partition coefficient (Wildman–Crippen LogP) is 5.70. The average Bonchev–Trinajstić information content (AvgIpc) is 3.35. The number of benzene rings is 1. The Hall–Kier alpha value is -2.36. The third-order valence-electron chi connectivity index (χ3n) is 6.82. The van der Waals surface area contributed by atoms with Gasteiger partial charge < -0.3 is 9.26 Å². The van der Waals surface area contributed by atoms with Gasteiger partial charge in [-0.05, 0) is 94.0 Å². The van der Waals surface area contributed by atoms with E-state index < -0.39 is 0 Å². The van der Waals surface area contributed by atoms with Gasteiger partial charge in [0.15, 0.2) is 5.58 Å². The van der Waals surface area contributed by atoms with Crippen molar-refractivity contribution in [2.75, 3.05) is 19.7 Å². The number of hydrogen-bond acceptors (Lipinski definition) is 6. The number of rotatable bonds is 8. The van der Waals surface area contributed by atoms with Gasteiger partial charge in [-0.3, -0.25) is 4.90 Å². The van der Waals surface area contributed by atoms with E-state index in [2.05, 4.69) is 35.2 Å². The first-order valence-corrected chi connectivity index (χ1v) is 12.3. The van der Waals surface area contributed by atoms with Crippen LogP contribution in [0.15, 0.2) is 28.1 Å². The highest BCUT2D eigenvalue weighted by molar-refractivity contribution is 7.10. The molecular weight excluding hydrogens is 406 g/mol. The highest BCUT2D eigenvalue weighted by atomic mass is 32.1. The lowest BCUT2D eigenvalue weighted by molar-refractivity contribution is 0.173. The fourth-order valence-electron chi connectivity index (χ4n) is 4.54. The van der Waals surface area contributed by atoms with Crippen LogP contribution in [0, 0.1) is 30.1 Å². The number of likely N-dealkylation sites (tertiary alicyclic amines) is 1. The molecule has 2 aliphatic rings. The lowest BCUT2D eigenvalue weighted by atomic mass is 9.91. The summed E-state index contributed by atoms with van der Waals surface area (Å²) in [6.45, 7) is 6.00. The third-order valence-corrected chi connectivity index (χ3v) is 7.72. The van der Waals surface area contributed by atoms with Gasteiger partial charge in [0.1, 0.15) is 11.8 Å². The molecule has 0 unspecified atom stereocenters. The monoisotopic (exact) mass is 435 g/mol. The van der Waals surface area contributed by atoms with Crippen LogP contribution in [0.25, 0.3) is 11.0 Å². The molecule has 3 heterocycles. The van der Waals surface area contributed by atoms with Crippen LogP contribution in [0.3, 0.4) is 0 Å². The molecule has 0 spiro atoms. The van der Waals surface area contributed by atoms with E-state index in [1.165, 1.54) is 30.6 Å². The van der Waals surface area contributed by atoms with E-state index in [0.717, 1.165) is 84.5 Å². The van der Waals surface area contributed by atoms with E-state index in [1.54, 1.807) is 11.3 Å². The van der Waals surface area contributed by atoms with Crippen molar-refractivity contribution in [1.29, 1.82) is 5.26 Å².